The molecular weight excluding hydrogens is 314 g/mol. The van der Waals surface area contributed by atoms with Crippen LogP contribution >= 0.6 is 0 Å². The van der Waals surface area contributed by atoms with E-state index in [0.717, 1.165) is 18.4 Å². The topological polar surface area (TPSA) is 57.6 Å². The molecule has 1 unspecified atom stereocenters. The van der Waals surface area contributed by atoms with Crippen molar-refractivity contribution < 1.29 is 14.7 Å². The maximum absolute atomic E-state index is 12.8. The van der Waals surface area contributed by atoms with E-state index in [0.29, 0.717) is 19.4 Å². The van der Waals surface area contributed by atoms with Crippen molar-refractivity contribution in [3.05, 3.63) is 71.8 Å². The van der Waals surface area contributed by atoms with Gasteiger partial charge >= 0.3 is 5.97 Å². The summed E-state index contributed by atoms with van der Waals surface area (Å²) in [7, 11) is 0. The Morgan fingerprint density at radius 1 is 1.04 bits per heavy atom. The number of rotatable bonds is 6. The zero-order chi connectivity index (χ0) is 17.6. The number of aliphatic carboxylic acids is 1. The molecule has 2 atom stereocenters. The molecule has 130 valence electrons. The standard InChI is InChI=1S/C21H23NO3/c23-20(22-13-7-12-19(22)21(24)25)15-18(17-10-5-2-6-11-17)14-16-8-3-1-4-9-16/h1-6,8-11,18-19H,7,12-15H2,(H,24,25)/t18?,19-/m0/s1. The lowest BCUT2D eigenvalue weighted by molar-refractivity contribution is -0.148. The number of amides is 1. The summed E-state index contributed by atoms with van der Waals surface area (Å²) in [4.78, 5) is 25.7. The Kier molecular flexibility index (Phi) is 5.49. The molecule has 1 aliphatic heterocycles. The summed E-state index contributed by atoms with van der Waals surface area (Å²) in [5.41, 5.74) is 2.30. The summed E-state index contributed by atoms with van der Waals surface area (Å²) in [5, 5.41) is 9.33. The molecule has 0 radical (unpaired) electrons. The maximum atomic E-state index is 12.8. The number of carboxylic acid groups (broad SMARTS) is 1. The van der Waals surface area contributed by atoms with Crippen LogP contribution in [0.5, 0.6) is 0 Å². The van der Waals surface area contributed by atoms with Crippen molar-refractivity contribution in [3.8, 4) is 0 Å². The average Bonchev–Trinajstić information content (AvgIpc) is 3.13. The summed E-state index contributed by atoms with van der Waals surface area (Å²) >= 11 is 0. The minimum absolute atomic E-state index is 0.0474. The van der Waals surface area contributed by atoms with E-state index in [2.05, 4.69) is 12.1 Å². The number of benzene rings is 2. The first-order valence-electron chi connectivity index (χ1n) is 8.76. The minimum atomic E-state index is -0.898. The van der Waals surface area contributed by atoms with E-state index < -0.39 is 12.0 Å². The van der Waals surface area contributed by atoms with Crippen molar-refractivity contribution in [1.82, 2.24) is 4.90 Å². The second-order valence-corrected chi connectivity index (χ2v) is 6.58. The molecule has 2 aromatic carbocycles. The molecule has 3 rings (SSSR count). The largest absolute Gasteiger partial charge is 0.480 e. The van der Waals surface area contributed by atoms with Gasteiger partial charge in [0, 0.05) is 13.0 Å². The second kappa shape index (κ2) is 7.97. The molecule has 1 amide bonds. The molecular formula is C21H23NO3. The van der Waals surface area contributed by atoms with Gasteiger partial charge in [0.1, 0.15) is 6.04 Å². The molecule has 1 heterocycles. The third-order valence-electron chi connectivity index (χ3n) is 4.88. The predicted octanol–water partition coefficient (Wildman–Crippen LogP) is 3.48. The van der Waals surface area contributed by atoms with Crippen LogP contribution in [0.1, 0.15) is 36.3 Å². The molecule has 4 heteroatoms. The molecule has 0 aromatic heterocycles. The summed E-state index contributed by atoms with van der Waals surface area (Å²) in [5.74, 6) is -0.911. The third kappa shape index (κ3) is 4.27. The zero-order valence-corrected chi connectivity index (χ0v) is 14.2. The molecule has 1 aliphatic rings. The van der Waals surface area contributed by atoms with E-state index in [4.69, 9.17) is 0 Å². The monoisotopic (exact) mass is 337 g/mol. The molecule has 0 bridgehead atoms. The number of nitrogens with zero attached hydrogens (tertiary/aromatic N) is 1. The van der Waals surface area contributed by atoms with Gasteiger partial charge in [-0.3, -0.25) is 4.79 Å². The fourth-order valence-electron chi connectivity index (χ4n) is 3.58. The number of hydrogen-bond acceptors (Lipinski definition) is 2. The Morgan fingerprint density at radius 2 is 1.68 bits per heavy atom. The highest BCUT2D eigenvalue weighted by Gasteiger charge is 2.34. The Labute approximate surface area is 148 Å². The summed E-state index contributed by atoms with van der Waals surface area (Å²) in [6.45, 7) is 0.544. The van der Waals surface area contributed by atoms with Gasteiger partial charge in [0.05, 0.1) is 0 Å². The number of likely N-dealkylation sites (tertiary alicyclic amines) is 1. The van der Waals surface area contributed by atoms with E-state index in [1.54, 1.807) is 4.90 Å². The van der Waals surface area contributed by atoms with Crippen molar-refractivity contribution in [2.24, 2.45) is 0 Å². The van der Waals surface area contributed by atoms with Gasteiger partial charge in [-0.2, -0.15) is 0 Å². The number of hydrogen-bond donors (Lipinski definition) is 1. The van der Waals surface area contributed by atoms with Crippen LogP contribution in [0.15, 0.2) is 60.7 Å². The number of carbonyl (C=O) groups is 2. The van der Waals surface area contributed by atoms with Crippen LogP contribution in [0, 0.1) is 0 Å². The lowest BCUT2D eigenvalue weighted by Crippen LogP contribution is -2.41. The molecule has 4 nitrogen and oxygen atoms in total. The second-order valence-electron chi connectivity index (χ2n) is 6.58. The number of carbonyl (C=O) groups excluding carboxylic acids is 1. The van der Waals surface area contributed by atoms with Crippen LogP contribution in [0.4, 0.5) is 0 Å². The van der Waals surface area contributed by atoms with Crippen LogP contribution in [-0.4, -0.2) is 34.5 Å². The smallest absolute Gasteiger partial charge is 0.326 e. The molecule has 0 spiro atoms. The summed E-state index contributed by atoms with van der Waals surface area (Å²) < 4.78 is 0. The normalized spacial score (nSPS) is 18.1. The van der Waals surface area contributed by atoms with Gasteiger partial charge in [-0.05, 0) is 36.3 Å². The molecule has 1 fully saturated rings. The van der Waals surface area contributed by atoms with Crippen molar-refractivity contribution >= 4 is 11.9 Å². The minimum Gasteiger partial charge on any atom is -0.480 e. The maximum Gasteiger partial charge on any atom is 0.326 e. The van der Waals surface area contributed by atoms with Gasteiger partial charge in [0.25, 0.3) is 0 Å². The van der Waals surface area contributed by atoms with Crippen molar-refractivity contribution in [2.45, 2.75) is 37.6 Å². The van der Waals surface area contributed by atoms with Crippen molar-refractivity contribution in [1.29, 1.82) is 0 Å². The van der Waals surface area contributed by atoms with E-state index in [1.807, 2.05) is 48.5 Å². The van der Waals surface area contributed by atoms with Crippen molar-refractivity contribution in [3.63, 3.8) is 0 Å². The molecule has 0 saturated carbocycles. The molecule has 1 N–H and O–H groups in total. The molecule has 25 heavy (non-hydrogen) atoms. The van der Waals surface area contributed by atoms with Crippen LogP contribution in [0.25, 0.3) is 0 Å². The lowest BCUT2D eigenvalue weighted by Gasteiger charge is -2.25. The zero-order valence-electron chi connectivity index (χ0n) is 14.2. The van der Waals surface area contributed by atoms with E-state index >= 15 is 0 Å². The third-order valence-corrected chi connectivity index (χ3v) is 4.88. The van der Waals surface area contributed by atoms with Crippen molar-refractivity contribution in [2.75, 3.05) is 6.54 Å². The van der Waals surface area contributed by atoms with E-state index in [9.17, 15) is 14.7 Å². The van der Waals surface area contributed by atoms with Gasteiger partial charge in [0.15, 0.2) is 0 Å². The Balaban J connectivity index is 1.78. The Hall–Kier alpha value is -2.62. The fourth-order valence-corrected chi connectivity index (χ4v) is 3.58. The van der Waals surface area contributed by atoms with Gasteiger partial charge < -0.3 is 10.0 Å². The number of carboxylic acids is 1. The fraction of sp³-hybridized carbons (Fsp3) is 0.333. The Morgan fingerprint density at radius 3 is 2.32 bits per heavy atom. The van der Waals surface area contributed by atoms with Gasteiger partial charge in [-0.25, -0.2) is 4.79 Å². The molecule has 1 saturated heterocycles. The lowest BCUT2D eigenvalue weighted by atomic mass is 9.89. The highest BCUT2D eigenvalue weighted by atomic mass is 16.4. The van der Waals surface area contributed by atoms with Crippen LogP contribution in [-0.2, 0) is 16.0 Å². The van der Waals surface area contributed by atoms with Gasteiger partial charge in [0.2, 0.25) is 5.91 Å². The first-order chi connectivity index (χ1) is 12.1. The van der Waals surface area contributed by atoms with Crippen LogP contribution < -0.4 is 0 Å². The molecule has 0 aliphatic carbocycles. The highest BCUT2D eigenvalue weighted by molar-refractivity contribution is 5.84. The van der Waals surface area contributed by atoms with E-state index in [1.165, 1.54) is 5.56 Å². The Bertz CT molecular complexity index is 714. The average molecular weight is 337 g/mol. The van der Waals surface area contributed by atoms with Gasteiger partial charge in [-0.1, -0.05) is 60.7 Å². The predicted molar refractivity (Wildman–Crippen MR) is 96.3 cm³/mol. The summed E-state index contributed by atoms with van der Waals surface area (Å²) in [6, 6.07) is 19.5. The highest BCUT2D eigenvalue weighted by Crippen LogP contribution is 2.27. The van der Waals surface area contributed by atoms with Crippen LogP contribution in [0.2, 0.25) is 0 Å². The SMILES string of the molecule is O=C(O)[C@@H]1CCCN1C(=O)CC(Cc1ccccc1)c1ccccc1. The van der Waals surface area contributed by atoms with E-state index in [-0.39, 0.29) is 11.8 Å². The first kappa shape index (κ1) is 17.2. The summed E-state index contributed by atoms with van der Waals surface area (Å²) in [6.07, 6.45) is 2.41. The first-order valence-corrected chi connectivity index (χ1v) is 8.76. The van der Waals surface area contributed by atoms with Crippen LogP contribution in [0.3, 0.4) is 0 Å². The molecule has 2 aromatic rings. The van der Waals surface area contributed by atoms with Gasteiger partial charge in [-0.15, -0.1) is 0 Å². The quantitative estimate of drug-likeness (QED) is 0.878.